The van der Waals surface area contributed by atoms with Crippen LogP contribution in [0.5, 0.6) is 5.75 Å². The Morgan fingerprint density at radius 1 is 1.08 bits per heavy atom. The summed E-state index contributed by atoms with van der Waals surface area (Å²) in [5.74, 6) is 0.893. The van der Waals surface area contributed by atoms with E-state index in [9.17, 15) is 4.79 Å². The fourth-order valence-electron chi connectivity index (χ4n) is 3.18. The van der Waals surface area contributed by atoms with Crippen LogP contribution in [0.3, 0.4) is 0 Å². The minimum atomic E-state index is 0.0643. The topological polar surface area (TPSA) is 41.6 Å². The van der Waals surface area contributed by atoms with Crippen LogP contribution < -0.4 is 10.1 Å². The van der Waals surface area contributed by atoms with Crippen molar-refractivity contribution < 1.29 is 9.53 Å². The van der Waals surface area contributed by atoms with E-state index in [1.165, 1.54) is 5.56 Å². The van der Waals surface area contributed by atoms with E-state index in [0.29, 0.717) is 25.7 Å². The minimum absolute atomic E-state index is 0.0643. The zero-order chi connectivity index (χ0) is 16.6. The highest BCUT2D eigenvalue weighted by atomic mass is 16.5. The summed E-state index contributed by atoms with van der Waals surface area (Å²) in [5, 5.41) is 2.95. The molecule has 1 aliphatic heterocycles. The summed E-state index contributed by atoms with van der Waals surface area (Å²) in [5.41, 5.74) is 1.30. The smallest absolute Gasteiger partial charge is 0.234 e. The average molecular weight is 324 g/mol. The van der Waals surface area contributed by atoms with E-state index in [4.69, 9.17) is 4.74 Å². The molecule has 1 aliphatic rings. The van der Waals surface area contributed by atoms with E-state index in [1.54, 1.807) is 0 Å². The van der Waals surface area contributed by atoms with Crippen molar-refractivity contribution in [3.05, 3.63) is 66.2 Å². The third-order valence-electron chi connectivity index (χ3n) is 4.33. The summed E-state index contributed by atoms with van der Waals surface area (Å²) >= 11 is 0. The van der Waals surface area contributed by atoms with E-state index in [0.717, 1.165) is 25.1 Å². The quantitative estimate of drug-likeness (QED) is 0.796. The molecule has 1 fully saturated rings. The SMILES string of the molecule is O=C(CN1CCCC1c1ccccc1)NCCOc1ccccc1. The number of carbonyl (C=O) groups excluding carboxylic acids is 1. The molecule has 0 radical (unpaired) electrons. The van der Waals surface area contributed by atoms with Crippen LogP contribution in [0.2, 0.25) is 0 Å². The summed E-state index contributed by atoms with van der Waals surface area (Å²) in [7, 11) is 0. The van der Waals surface area contributed by atoms with Gasteiger partial charge < -0.3 is 10.1 Å². The maximum atomic E-state index is 12.2. The van der Waals surface area contributed by atoms with Gasteiger partial charge in [0.25, 0.3) is 0 Å². The lowest BCUT2D eigenvalue weighted by molar-refractivity contribution is -0.122. The van der Waals surface area contributed by atoms with Gasteiger partial charge in [-0.05, 0) is 37.1 Å². The first-order valence-corrected chi connectivity index (χ1v) is 8.56. The highest BCUT2D eigenvalue weighted by molar-refractivity contribution is 5.78. The lowest BCUT2D eigenvalue weighted by atomic mass is 10.0. The molecule has 4 heteroatoms. The number of nitrogens with zero attached hydrogens (tertiary/aromatic N) is 1. The van der Waals surface area contributed by atoms with Crippen LogP contribution in [0, 0.1) is 0 Å². The number of para-hydroxylation sites is 1. The first-order chi connectivity index (χ1) is 11.8. The minimum Gasteiger partial charge on any atom is -0.492 e. The Kier molecular flexibility index (Phi) is 5.85. The van der Waals surface area contributed by atoms with E-state index in [2.05, 4.69) is 34.5 Å². The molecule has 1 heterocycles. The summed E-state index contributed by atoms with van der Waals surface area (Å²) in [4.78, 5) is 14.4. The number of amides is 1. The molecule has 3 rings (SSSR count). The molecule has 0 aliphatic carbocycles. The molecule has 0 spiro atoms. The van der Waals surface area contributed by atoms with Gasteiger partial charge in [-0.2, -0.15) is 0 Å². The Morgan fingerprint density at radius 3 is 2.54 bits per heavy atom. The summed E-state index contributed by atoms with van der Waals surface area (Å²) in [6.07, 6.45) is 2.26. The molecule has 1 unspecified atom stereocenters. The lowest BCUT2D eigenvalue weighted by Gasteiger charge is -2.24. The highest BCUT2D eigenvalue weighted by Crippen LogP contribution is 2.31. The van der Waals surface area contributed by atoms with Gasteiger partial charge in [-0.3, -0.25) is 9.69 Å². The number of hydrogen-bond donors (Lipinski definition) is 1. The molecular formula is C20H24N2O2. The Labute approximate surface area is 143 Å². The Hall–Kier alpha value is -2.33. The zero-order valence-corrected chi connectivity index (χ0v) is 13.9. The van der Waals surface area contributed by atoms with Gasteiger partial charge in [0.05, 0.1) is 13.1 Å². The normalized spacial score (nSPS) is 17.6. The maximum Gasteiger partial charge on any atom is 0.234 e. The van der Waals surface area contributed by atoms with Crippen molar-refractivity contribution in [3.8, 4) is 5.75 Å². The summed E-state index contributed by atoms with van der Waals surface area (Å²) in [6.45, 7) is 2.44. The Morgan fingerprint density at radius 2 is 1.79 bits per heavy atom. The van der Waals surface area contributed by atoms with Crippen molar-refractivity contribution >= 4 is 5.91 Å². The zero-order valence-electron chi connectivity index (χ0n) is 13.9. The van der Waals surface area contributed by atoms with Crippen LogP contribution in [-0.2, 0) is 4.79 Å². The molecule has 126 valence electrons. The molecule has 1 saturated heterocycles. The van der Waals surface area contributed by atoms with Crippen LogP contribution >= 0.6 is 0 Å². The molecule has 1 atom stereocenters. The molecule has 2 aromatic carbocycles. The molecule has 0 aromatic heterocycles. The third-order valence-corrected chi connectivity index (χ3v) is 4.33. The number of rotatable bonds is 7. The molecule has 4 nitrogen and oxygen atoms in total. The highest BCUT2D eigenvalue weighted by Gasteiger charge is 2.27. The van der Waals surface area contributed by atoms with Gasteiger partial charge in [-0.15, -0.1) is 0 Å². The van der Waals surface area contributed by atoms with Gasteiger partial charge in [0.15, 0.2) is 0 Å². The number of nitrogens with one attached hydrogen (secondary N) is 1. The second-order valence-electron chi connectivity index (χ2n) is 6.05. The average Bonchev–Trinajstić information content (AvgIpc) is 3.08. The number of benzene rings is 2. The molecule has 0 bridgehead atoms. The van der Waals surface area contributed by atoms with E-state index in [1.807, 2.05) is 36.4 Å². The van der Waals surface area contributed by atoms with E-state index in [-0.39, 0.29) is 5.91 Å². The predicted octanol–water partition coefficient (Wildman–Crippen LogP) is 3.02. The van der Waals surface area contributed by atoms with Crippen LogP contribution in [0.25, 0.3) is 0 Å². The van der Waals surface area contributed by atoms with Gasteiger partial charge >= 0.3 is 0 Å². The standard InChI is InChI=1S/C20H24N2O2/c23-20(21-13-15-24-18-10-5-2-6-11-18)16-22-14-7-12-19(22)17-8-3-1-4-9-17/h1-6,8-11,19H,7,12-16H2,(H,21,23). The summed E-state index contributed by atoms with van der Waals surface area (Å²) in [6, 6.07) is 20.5. The van der Waals surface area contributed by atoms with Gasteiger partial charge in [0, 0.05) is 6.04 Å². The molecule has 24 heavy (non-hydrogen) atoms. The largest absolute Gasteiger partial charge is 0.492 e. The van der Waals surface area contributed by atoms with Gasteiger partial charge in [0.2, 0.25) is 5.91 Å². The monoisotopic (exact) mass is 324 g/mol. The number of carbonyl (C=O) groups is 1. The van der Waals surface area contributed by atoms with Crippen LogP contribution in [-0.4, -0.2) is 37.0 Å². The van der Waals surface area contributed by atoms with Crippen LogP contribution in [0.1, 0.15) is 24.4 Å². The first-order valence-electron chi connectivity index (χ1n) is 8.56. The summed E-state index contributed by atoms with van der Waals surface area (Å²) < 4.78 is 5.59. The lowest BCUT2D eigenvalue weighted by Crippen LogP contribution is -2.38. The Bertz CT molecular complexity index is 631. The second kappa shape index (κ2) is 8.50. The van der Waals surface area contributed by atoms with Crippen molar-refractivity contribution in [2.45, 2.75) is 18.9 Å². The molecule has 1 amide bonds. The molecule has 0 saturated carbocycles. The van der Waals surface area contributed by atoms with Crippen molar-refractivity contribution in [2.75, 3.05) is 26.2 Å². The second-order valence-corrected chi connectivity index (χ2v) is 6.05. The first kappa shape index (κ1) is 16.5. The predicted molar refractivity (Wildman–Crippen MR) is 94.9 cm³/mol. The van der Waals surface area contributed by atoms with Crippen molar-refractivity contribution in [2.24, 2.45) is 0 Å². The third kappa shape index (κ3) is 4.59. The fraction of sp³-hybridized carbons (Fsp3) is 0.350. The van der Waals surface area contributed by atoms with Gasteiger partial charge in [0.1, 0.15) is 12.4 Å². The van der Waals surface area contributed by atoms with Gasteiger partial charge in [-0.25, -0.2) is 0 Å². The van der Waals surface area contributed by atoms with Crippen molar-refractivity contribution in [1.82, 2.24) is 10.2 Å². The van der Waals surface area contributed by atoms with Crippen LogP contribution in [0.4, 0.5) is 0 Å². The Balaban J connectivity index is 1.41. The van der Waals surface area contributed by atoms with E-state index < -0.39 is 0 Å². The maximum absolute atomic E-state index is 12.2. The molecule has 2 aromatic rings. The number of hydrogen-bond acceptors (Lipinski definition) is 3. The number of ether oxygens (including phenoxy) is 1. The van der Waals surface area contributed by atoms with Crippen LogP contribution in [0.15, 0.2) is 60.7 Å². The van der Waals surface area contributed by atoms with Gasteiger partial charge in [-0.1, -0.05) is 48.5 Å². The molecule has 1 N–H and O–H groups in total. The number of likely N-dealkylation sites (tertiary alicyclic amines) is 1. The van der Waals surface area contributed by atoms with E-state index >= 15 is 0 Å². The van der Waals surface area contributed by atoms with Crippen molar-refractivity contribution in [3.63, 3.8) is 0 Å². The van der Waals surface area contributed by atoms with Crippen molar-refractivity contribution in [1.29, 1.82) is 0 Å². The fourth-order valence-corrected chi connectivity index (χ4v) is 3.18. The molecular weight excluding hydrogens is 300 g/mol.